The summed E-state index contributed by atoms with van der Waals surface area (Å²) in [5.74, 6) is -0.0934. The highest BCUT2D eigenvalue weighted by molar-refractivity contribution is 6.76. The number of esters is 1. The van der Waals surface area contributed by atoms with Gasteiger partial charge in [0.2, 0.25) is 0 Å². The summed E-state index contributed by atoms with van der Waals surface area (Å²) in [6.07, 6.45) is 1.07. The molecule has 1 unspecified atom stereocenters. The first-order chi connectivity index (χ1) is 9.24. The minimum atomic E-state index is -1.27. The molecule has 0 saturated heterocycles. The minimum Gasteiger partial charge on any atom is -1.00 e. The fourth-order valence-corrected chi connectivity index (χ4v) is 5.37. The van der Waals surface area contributed by atoms with Gasteiger partial charge < -0.3 is 26.2 Å². The van der Waals surface area contributed by atoms with E-state index < -0.39 is 8.07 Å². The van der Waals surface area contributed by atoms with Crippen LogP contribution in [0, 0.1) is 0 Å². The van der Waals surface area contributed by atoms with Gasteiger partial charge in [0.15, 0.2) is 6.54 Å². The Balaban J connectivity index is 0.00000400. The number of carbonyl (C=O) groups excluding carboxylic acids is 1. The van der Waals surface area contributed by atoms with Gasteiger partial charge in [0, 0.05) is 5.56 Å². The Morgan fingerprint density at radius 3 is 2.24 bits per heavy atom. The Kier molecular flexibility index (Phi) is 8.44. The Bertz CT molecular complexity index is 434. The highest BCUT2D eigenvalue weighted by Crippen LogP contribution is 2.17. The van der Waals surface area contributed by atoms with E-state index in [0.29, 0.717) is 13.2 Å². The summed E-state index contributed by atoms with van der Waals surface area (Å²) in [7, 11) is 0.897. The van der Waals surface area contributed by atoms with Gasteiger partial charge in [-0.2, -0.15) is 0 Å². The molecular weight excluding hydrogens is 346 g/mol. The molecule has 0 heterocycles. The van der Waals surface area contributed by atoms with Crippen molar-refractivity contribution in [3.05, 3.63) is 35.9 Å². The molecule has 5 heteroatoms. The standard InChI is InChI=1S/C16H28NO2Si.BrH/c1-6-19-16(18)13-17(2,14-20(3,4)5)12-15-10-8-7-9-11-15;/h7-11H,6,12-14H2,1-5H3;1H/q+1;/p-1. The summed E-state index contributed by atoms with van der Waals surface area (Å²) < 4.78 is 5.89. The Labute approximate surface area is 140 Å². The first-order valence-electron chi connectivity index (χ1n) is 7.27. The van der Waals surface area contributed by atoms with Crippen LogP contribution in [-0.4, -0.2) is 44.9 Å². The third-order valence-corrected chi connectivity index (χ3v) is 4.79. The van der Waals surface area contributed by atoms with Gasteiger partial charge in [-0.1, -0.05) is 50.0 Å². The topological polar surface area (TPSA) is 26.3 Å². The molecular formula is C16H28BrNO2Si. The molecule has 0 amide bonds. The lowest BCUT2D eigenvalue weighted by Gasteiger charge is -2.38. The minimum absolute atomic E-state index is 0. The molecule has 1 aromatic rings. The summed E-state index contributed by atoms with van der Waals surface area (Å²) in [6, 6.07) is 10.4. The number of carbonyl (C=O) groups is 1. The number of rotatable bonds is 7. The predicted molar refractivity (Wildman–Crippen MR) is 86.0 cm³/mol. The Morgan fingerprint density at radius 2 is 1.76 bits per heavy atom. The highest BCUT2D eigenvalue weighted by Gasteiger charge is 2.33. The van der Waals surface area contributed by atoms with Gasteiger partial charge in [-0.25, -0.2) is 4.79 Å². The lowest BCUT2D eigenvalue weighted by molar-refractivity contribution is -0.906. The van der Waals surface area contributed by atoms with Crippen molar-refractivity contribution in [2.45, 2.75) is 33.1 Å². The summed E-state index contributed by atoms with van der Waals surface area (Å²) in [4.78, 5) is 11.9. The monoisotopic (exact) mass is 373 g/mol. The first-order valence-corrected chi connectivity index (χ1v) is 11.0. The summed E-state index contributed by atoms with van der Waals surface area (Å²) in [6.45, 7) is 10.7. The van der Waals surface area contributed by atoms with Gasteiger partial charge >= 0.3 is 5.97 Å². The maximum Gasteiger partial charge on any atom is 0.361 e. The van der Waals surface area contributed by atoms with Crippen molar-refractivity contribution < 1.29 is 31.0 Å². The quantitative estimate of drug-likeness (QED) is 0.384. The largest absolute Gasteiger partial charge is 1.00 e. The summed E-state index contributed by atoms with van der Waals surface area (Å²) >= 11 is 0. The van der Waals surface area contributed by atoms with E-state index in [1.807, 2.05) is 13.0 Å². The van der Waals surface area contributed by atoms with Crippen LogP contribution in [0.1, 0.15) is 12.5 Å². The molecule has 0 bridgehead atoms. The summed E-state index contributed by atoms with van der Waals surface area (Å²) in [5, 5.41) is 0. The molecule has 120 valence electrons. The molecule has 0 aliphatic heterocycles. The van der Waals surface area contributed by atoms with Crippen LogP contribution in [-0.2, 0) is 16.1 Å². The van der Waals surface area contributed by atoms with Crippen LogP contribution in [0.4, 0.5) is 0 Å². The van der Waals surface area contributed by atoms with E-state index in [-0.39, 0.29) is 23.0 Å². The van der Waals surface area contributed by atoms with Gasteiger partial charge in [-0.3, -0.25) is 0 Å². The van der Waals surface area contributed by atoms with E-state index >= 15 is 0 Å². The van der Waals surface area contributed by atoms with E-state index in [1.54, 1.807) is 0 Å². The van der Waals surface area contributed by atoms with Crippen LogP contribution >= 0.6 is 0 Å². The SMILES string of the molecule is CCOC(=O)C[N+](C)(Cc1ccccc1)C[Si](C)(C)C.[Br-]. The smallest absolute Gasteiger partial charge is 0.361 e. The average molecular weight is 374 g/mol. The molecule has 0 aromatic heterocycles. The second-order valence-electron chi connectivity index (χ2n) is 6.95. The van der Waals surface area contributed by atoms with Crippen LogP contribution in [0.5, 0.6) is 0 Å². The zero-order chi connectivity index (χ0) is 15.2. The number of ether oxygens (including phenoxy) is 1. The van der Waals surface area contributed by atoms with E-state index in [4.69, 9.17) is 4.74 Å². The van der Waals surface area contributed by atoms with Crippen molar-refractivity contribution in [3.63, 3.8) is 0 Å². The van der Waals surface area contributed by atoms with Crippen LogP contribution in [0.15, 0.2) is 30.3 Å². The van der Waals surface area contributed by atoms with Crippen LogP contribution < -0.4 is 17.0 Å². The first kappa shape index (κ1) is 20.3. The maximum atomic E-state index is 11.9. The van der Waals surface area contributed by atoms with E-state index in [0.717, 1.165) is 17.2 Å². The van der Waals surface area contributed by atoms with Crippen LogP contribution in [0.2, 0.25) is 19.6 Å². The highest BCUT2D eigenvalue weighted by atomic mass is 79.9. The number of quaternary nitrogens is 1. The molecule has 0 saturated carbocycles. The molecule has 1 atom stereocenters. The number of hydrogen-bond acceptors (Lipinski definition) is 2. The molecule has 0 aliphatic rings. The van der Waals surface area contributed by atoms with E-state index in [2.05, 4.69) is 51.0 Å². The maximum absolute atomic E-state index is 11.9. The average Bonchev–Trinajstić information content (AvgIpc) is 2.26. The molecule has 1 aromatic carbocycles. The van der Waals surface area contributed by atoms with Gasteiger partial charge in [-0.15, -0.1) is 0 Å². The number of benzene rings is 1. The predicted octanol–water partition coefficient (Wildman–Crippen LogP) is 0.0777. The van der Waals surface area contributed by atoms with Crippen molar-refractivity contribution in [1.82, 2.24) is 0 Å². The molecule has 0 spiro atoms. The fourth-order valence-electron chi connectivity index (χ4n) is 2.86. The molecule has 0 radical (unpaired) electrons. The zero-order valence-corrected chi connectivity index (χ0v) is 16.4. The molecule has 21 heavy (non-hydrogen) atoms. The van der Waals surface area contributed by atoms with Gasteiger partial charge in [-0.05, 0) is 6.92 Å². The number of hydrogen-bond donors (Lipinski definition) is 0. The zero-order valence-electron chi connectivity index (χ0n) is 13.9. The fraction of sp³-hybridized carbons (Fsp3) is 0.562. The number of nitrogens with zero attached hydrogens (tertiary/aromatic N) is 1. The Hall–Kier alpha value is -0.653. The van der Waals surface area contributed by atoms with E-state index in [1.165, 1.54) is 5.56 Å². The second kappa shape index (κ2) is 8.71. The number of likely N-dealkylation sites (N-methyl/N-ethyl adjacent to an activating group) is 1. The van der Waals surface area contributed by atoms with Gasteiger partial charge in [0.1, 0.15) is 14.6 Å². The van der Waals surface area contributed by atoms with Crippen molar-refractivity contribution in [2.24, 2.45) is 0 Å². The Morgan fingerprint density at radius 1 is 1.19 bits per heavy atom. The van der Waals surface area contributed by atoms with Gasteiger partial charge in [0.05, 0.1) is 19.8 Å². The molecule has 0 aliphatic carbocycles. The van der Waals surface area contributed by atoms with Crippen LogP contribution in [0.25, 0.3) is 0 Å². The summed E-state index contributed by atoms with van der Waals surface area (Å²) in [5.41, 5.74) is 1.28. The lowest BCUT2D eigenvalue weighted by Crippen LogP contribution is -3.00. The molecule has 1 rings (SSSR count). The second-order valence-corrected chi connectivity index (χ2v) is 12.4. The number of halogens is 1. The third kappa shape index (κ3) is 8.39. The van der Waals surface area contributed by atoms with Gasteiger partial charge in [0.25, 0.3) is 0 Å². The molecule has 0 fully saturated rings. The third-order valence-electron chi connectivity index (χ3n) is 3.08. The van der Waals surface area contributed by atoms with Crippen molar-refractivity contribution in [1.29, 1.82) is 0 Å². The normalized spacial score (nSPS) is 14.0. The molecule has 0 N–H and O–H groups in total. The molecule has 3 nitrogen and oxygen atoms in total. The van der Waals surface area contributed by atoms with Crippen molar-refractivity contribution in [2.75, 3.05) is 26.4 Å². The van der Waals surface area contributed by atoms with E-state index in [9.17, 15) is 4.79 Å². The van der Waals surface area contributed by atoms with Crippen molar-refractivity contribution in [3.8, 4) is 0 Å². The lowest BCUT2D eigenvalue weighted by atomic mass is 10.2. The van der Waals surface area contributed by atoms with Crippen LogP contribution in [0.3, 0.4) is 0 Å². The van der Waals surface area contributed by atoms with Crippen molar-refractivity contribution >= 4 is 14.0 Å².